The van der Waals surface area contributed by atoms with Crippen molar-refractivity contribution in [2.75, 3.05) is 11.5 Å². The lowest BCUT2D eigenvalue weighted by Gasteiger charge is -2.14. The maximum atomic E-state index is 13.5. The van der Waals surface area contributed by atoms with Crippen molar-refractivity contribution in [2.24, 2.45) is 0 Å². The number of aryl methyl sites for hydroxylation is 3. The summed E-state index contributed by atoms with van der Waals surface area (Å²) in [4.78, 5) is 53.0. The van der Waals surface area contributed by atoms with E-state index in [1.165, 1.54) is 35.1 Å². The first-order valence-electron chi connectivity index (χ1n) is 10.7. The molecule has 170 valence electrons. The molecule has 0 radical (unpaired) electrons. The number of hydrogen-bond donors (Lipinski definition) is 0. The van der Waals surface area contributed by atoms with Gasteiger partial charge >= 0.3 is 5.97 Å². The fraction of sp³-hybridized carbons (Fsp3) is 0.208. The number of rotatable bonds is 4. The second-order valence-electron chi connectivity index (χ2n) is 7.91. The number of anilines is 1. The maximum Gasteiger partial charge on any atom is 0.338 e. The molecule has 5 rings (SSSR count). The largest absolute Gasteiger partial charge is 0.462 e. The molecule has 10 nitrogen and oxygen atoms in total. The summed E-state index contributed by atoms with van der Waals surface area (Å²) in [5.41, 5.74) is 3.56. The molecule has 34 heavy (non-hydrogen) atoms. The van der Waals surface area contributed by atoms with Gasteiger partial charge in [-0.25, -0.2) is 24.6 Å². The lowest BCUT2D eigenvalue weighted by atomic mass is 10.1. The topological polar surface area (TPSA) is 120 Å². The van der Waals surface area contributed by atoms with Gasteiger partial charge in [-0.15, -0.1) is 0 Å². The Labute approximate surface area is 194 Å². The van der Waals surface area contributed by atoms with Gasteiger partial charge in [-0.2, -0.15) is 9.78 Å². The van der Waals surface area contributed by atoms with Gasteiger partial charge in [0.1, 0.15) is 0 Å². The van der Waals surface area contributed by atoms with Crippen LogP contribution in [0.4, 0.5) is 5.69 Å². The van der Waals surface area contributed by atoms with Crippen LogP contribution < -0.4 is 4.90 Å². The molecule has 0 saturated heterocycles. The van der Waals surface area contributed by atoms with E-state index in [1.807, 2.05) is 19.9 Å². The van der Waals surface area contributed by atoms with Crippen LogP contribution in [0.25, 0.3) is 17.0 Å². The molecule has 0 unspecified atom stereocenters. The van der Waals surface area contributed by atoms with E-state index in [9.17, 15) is 14.4 Å². The third kappa shape index (κ3) is 3.22. The number of carbonyl (C=O) groups is 3. The highest BCUT2D eigenvalue weighted by molar-refractivity contribution is 6.37. The molecule has 1 aliphatic heterocycles. The molecular weight excluding hydrogens is 436 g/mol. The van der Waals surface area contributed by atoms with Gasteiger partial charge in [-0.3, -0.25) is 9.59 Å². The molecular formula is C24H20N6O4. The second-order valence-corrected chi connectivity index (χ2v) is 7.91. The van der Waals surface area contributed by atoms with Gasteiger partial charge in [-0.1, -0.05) is 0 Å². The van der Waals surface area contributed by atoms with E-state index < -0.39 is 17.8 Å². The normalized spacial score (nSPS) is 13.0. The highest BCUT2D eigenvalue weighted by atomic mass is 16.5. The summed E-state index contributed by atoms with van der Waals surface area (Å²) in [5.74, 6) is -1.11. The number of pyridine rings is 1. The van der Waals surface area contributed by atoms with Crippen molar-refractivity contribution in [3.8, 4) is 5.95 Å². The zero-order valence-corrected chi connectivity index (χ0v) is 19.0. The van der Waals surface area contributed by atoms with Crippen molar-refractivity contribution in [1.82, 2.24) is 24.7 Å². The third-order valence-electron chi connectivity index (χ3n) is 5.52. The first-order chi connectivity index (χ1) is 16.3. The number of aromatic nitrogens is 5. The molecule has 1 aromatic carbocycles. The molecule has 0 fully saturated rings. The van der Waals surface area contributed by atoms with Gasteiger partial charge in [0.2, 0.25) is 0 Å². The van der Waals surface area contributed by atoms with E-state index in [4.69, 9.17) is 4.74 Å². The summed E-state index contributed by atoms with van der Waals surface area (Å²) in [6.07, 6.45) is 1.38. The van der Waals surface area contributed by atoms with Crippen molar-refractivity contribution in [3.05, 3.63) is 70.3 Å². The molecule has 0 bridgehead atoms. The van der Waals surface area contributed by atoms with Crippen LogP contribution in [0, 0.1) is 20.8 Å². The Bertz CT molecular complexity index is 1490. The van der Waals surface area contributed by atoms with Crippen molar-refractivity contribution in [1.29, 1.82) is 0 Å². The zero-order valence-electron chi connectivity index (χ0n) is 19.0. The number of esters is 1. The number of imide groups is 1. The highest BCUT2D eigenvalue weighted by Gasteiger charge is 2.40. The minimum atomic E-state index is -0.493. The minimum absolute atomic E-state index is 0.191. The molecule has 3 aromatic heterocycles. The van der Waals surface area contributed by atoms with E-state index in [-0.39, 0.29) is 17.7 Å². The van der Waals surface area contributed by atoms with Crippen LogP contribution in [0.2, 0.25) is 0 Å². The molecule has 0 atom stereocenters. The number of benzene rings is 1. The van der Waals surface area contributed by atoms with Crippen LogP contribution in [-0.4, -0.2) is 49.1 Å². The average molecular weight is 456 g/mol. The Kier molecular flexibility index (Phi) is 4.93. The van der Waals surface area contributed by atoms with Crippen LogP contribution >= 0.6 is 0 Å². The number of amides is 2. The predicted molar refractivity (Wildman–Crippen MR) is 122 cm³/mol. The SMILES string of the molecule is CCOC(=O)c1ccc(N2C(=O)c3cnc4c(c(C)nn4-c4nc(C)cc(C)n4)c3C2=O)cc1. The van der Waals surface area contributed by atoms with Crippen LogP contribution in [0.3, 0.4) is 0 Å². The van der Waals surface area contributed by atoms with Gasteiger partial charge in [-0.05, 0) is 58.0 Å². The number of ether oxygens (including phenoxy) is 1. The minimum Gasteiger partial charge on any atom is -0.462 e. The average Bonchev–Trinajstić information content (AvgIpc) is 3.27. The van der Waals surface area contributed by atoms with Crippen LogP contribution in [0.5, 0.6) is 0 Å². The lowest BCUT2D eigenvalue weighted by Crippen LogP contribution is -2.29. The van der Waals surface area contributed by atoms with Crippen molar-refractivity contribution in [3.63, 3.8) is 0 Å². The lowest BCUT2D eigenvalue weighted by molar-refractivity contribution is 0.0526. The van der Waals surface area contributed by atoms with E-state index in [0.29, 0.717) is 33.9 Å². The summed E-state index contributed by atoms with van der Waals surface area (Å²) < 4.78 is 6.47. The molecule has 1 aliphatic rings. The van der Waals surface area contributed by atoms with Crippen LogP contribution in [0.15, 0.2) is 36.5 Å². The van der Waals surface area contributed by atoms with Crippen molar-refractivity contribution < 1.29 is 19.1 Å². The molecule has 4 aromatic rings. The Morgan fingerprint density at radius 1 is 1.00 bits per heavy atom. The smallest absolute Gasteiger partial charge is 0.338 e. The fourth-order valence-corrected chi connectivity index (χ4v) is 4.10. The highest BCUT2D eigenvalue weighted by Crippen LogP contribution is 2.34. The number of fused-ring (bicyclic) bond motifs is 3. The van der Waals surface area contributed by atoms with Crippen LogP contribution in [0.1, 0.15) is 55.1 Å². The Balaban J connectivity index is 1.60. The van der Waals surface area contributed by atoms with Crippen molar-refractivity contribution in [2.45, 2.75) is 27.7 Å². The van der Waals surface area contributed by atoms with Gasteiger partial charge in [0.05, 0.1) is 40.1 Å². The first kappa shape index (κ1) is 21.4. The Morgan fingerprint density at radius 3 is 2.32 bits per heavy atom. The van der Waals surface area contributed by atoms with Gasteiger partial charge < -0.3 is 4.74 Å². The molecule has 10 heteroatoms. The number of hydrogen-bond acceptors (Lipinski definition) is 8. The Morgan fingerprint density at radius 2 is 1.68 bits per heavy atom. The maximum absolute atomic E-state index is 13.5. The first-order valence-corrected chi connectivity index (χ1v) is 10.7. The molecule has 2 amide bonds. The molecule has 0 N–H and O–H groups in total. The summed E-state index contributed by atoms with van der Waals surface area (Å²) in [6.45, 7) is 7.43. The quantitative estimate of drug-likeness (QED) is 0.339. The summed E-state index contributed by atoms with van der Waals surface area (Å²) in [7, 11) is 0. The Hall–Kier alpha value is -4.47. The monoisotopic (exact) mass is 456 g/mol. The van der Waals surface area contributed by atoms with Gasteiger partial charge in [0.15, 0.2) is 5.65 Å². The molecule has 0 saturated carbocycles. The molecule has 0 aliphatic carbocycles. The third-order valence-corrected chi connectivity index (χ3v) is 5.52. The van der Waals surface area contributed by atoms with Crippen LogP contribution in [-0.2, 0) is 4.74 Å². The number of carbonyl (C=O) groups excluding carboxylic acids is 3. The molecule has 0 spiro atoms. The van der Waals surface area contributed by atoms with E-state index in [1.54, 1.807) is 13.8 Å². The van der Waals surface area contributed by atoms with Crippen molar-refractivity contribution >= 4 is 34.5 Å². The summed E-state index contributed by atoms with van der Waals surface area (Å²) in [6, 6.07) is 7.97. The zero-order chi connectivity index (χ0) is 24.1. The predicted octanol–water partition coefficient (Wildman–Crippen LogP) is 3.11. The standard InChI is InChI=1S/C24H20N6O4/c1-5-34-23(33)15-6-8-16(9-7-15)29-21(31)17-11-25-20-18(19(17)22(29)32)14(4)28-30(20)24-26-12(2)10-13(3)27-24/h6-11H,5H2,1-4H3. The van der Waals surface area contributed by atoms with Gasteiger partial charge in [0, 0.05) is 17.6 Å². The second kappa shape index (κ2) is 7.84. The molecule has 4 heterocycles. The van der Waals surface area contributed by atoms with E-state index >= 15 is 0 Å². The number of nitrogens with zero attached hydrogens (tertiary/aromatic N) is 6. The fourth-order valence-electron chi connectivity index (χ4n) is 4.10. The van der Waals surface area contributed by atoms with E-state index in [2.05, 4.69) is 20.1 Å². The van der Waals surface area contributed by atoms with E-state index in [0.717, 1.165) is 16.3 Å². The van der Waals surface area contributed by atoms with Gasteiger partial charge in [0.25, 0.3) is 17.8 Å². The summed E-state index contributed by atoms with van der Waals surface area (Å²) >= 11 is 0. The summed E-state index contributed by atoms with van der Waals surface area (Å²) in [5, 5.41) is 5.00.